The number of H-pyrrole nitrogens is 1. The van der Waals surface area contributed by atoms with Crippen molar-refractivity contribution in [2.75, 3.05) is 0 Å². The predicted molar refractivity (Wildman–Crippen MR) is 77.3 cm³/mol. The van der Waals surface area contributed by atoms with Crippen LogP contribution in [0.25, 0.3) is 12.2 Å². The highest BCUT2D eigenvalue weighted by molar-refractivity contribution is 5.49. The zero-order chi connectivity index (χ0) is 12.8. The average molecular weight is 238 g/mol. The molecule has 1 N–H and O–H groups in total. The minimum atomic E-state index is 0.841. The van der Waals surface area contributed by atoms with E-state index in [1.54, 1.807) is 0 Å². The molecule has 0 spiro atoms. The van der Waals surface area contributed by atoms with Crippen LogP contribution in [0.2, 0.25) is 0 Å². The molecular weight excluding hydrogens is 220 g/mol. The highest BCUT2D eigenvalue weighted by Crippen LogP contribution is 2.10. The molecule has 0 bridgehead atoms. The van der Waals surface area contributed by atoms with Crippen molar-refractivity contribution < 1.29 is 0 Å². The zero-order valence-electron chi connectivity index (χ0n) is 10.9. The lowest BCUT2D eigenvalue weighted by molar-refractivity contribution is 1.02. The summed E-state index contributed by atoms with van der Waals surface area (Å²) >= 11 is 0. The summed E-state index contributed by atoms with van der Waals surface area (Å²) in [5, 5.41) is 0. The number of hydrogen-bond donors (Lipinski definition) is 1. The Morgan fingerprint density at radius 2 is 1.78 bits per heavy atom. The van der Waals surface area contributed by atoms with Gasteiger partial charge in [-0.2, -0.15) is 0 Å². The molecule has 1 heterocycles. The van der Waals surface area contributed by atoms with Gasteiger partial charge in [0, 0.05) is 6.42 Å². The summed E-state index contributed by atoms with van der Waals surface area (Å²) in [6.07, 6.45) is 10.9. The third-order valence-electron chi connectivity index (χ3n) is 2.70. The Morgan fingerprint density at radius 1 is 1.06 bits per heavy atom. The molecule has 0 aliphatic heterocycles. The SMILES string of the molecule is C/C=C/c1ccc(Cc2ncc(/C=C/C)[nH]2)cc1. The molecule has 92 valence electrons. The lowest BCUT2D eigenvalue weighted by Crippen LogP contribution is -1.90. The second-order valence-corrected chi connectivity index (χ2v) is 4.20. The molecule has 18 heavy (non-hydrogen) atoms. The van der Waals surface area contributed by atoms with Gasteiger partial charge in [-0.05, 0) is 31.1 Å². The minimum absolute atomic E-state index is 0.841. The van der Waals surface area contributed by atoms with Gasteiger partial charge < -0.3 is 4.98 Å². The number of aromatic nitrogens is 2. The van der Waals surface area contributed by atoms with E-state index in [0.717, 1.165) is 17.9 Å². The number of benzene rings is 1. The Hall–Kier alpha value is -2.09. The molecule has 0 saturated heterocycles. The van der Waals surface area contributed by atoms with Gasteiger partial charge in [-0.3, -0.25) is 0 Å². The Labute approximate surface area is 108 Å². The van der Waals surface area contributed by atoms with Crippen molar-refractivity contribution in [3.63, 3.8) is 0 Å². The van der Waals surface area contributed by atoms with Gasteiger partial charge >= 0.3 is 0 Å². The molecule has 0 unspecified atom stereocenters. The van der Waals surface area contributed by atoms with E-state index < -0.39 is 0 Å². The molecule has 0 amide bonds. The molecule has 1 aromatic carbocycles. The summed E-state index contributed by atoms with van der Waals surface area (Å²) in [7, 11) is 0. The molecule has 2 rings (SSSR count). The van der Waals surface area contributed by atoms with E-state index in [4.69, 9.17) is 0 Å². The van der Waals surface area contributed by atoms with E-state index >= 15 is 0 Å². The Bertz CT molecular complexity index is 545. The van der Waals surface area contributed by atoms with Crippen molar-refractivity contribution in [2.24, 2.45) is 0 Å². The number of nitrogens with one attached hydrogen (secondary N) is 1. The van der Waals surface area contributed by atoms with Crippen molar-refractivity contribution in [1.82, 2.24) is 9.97 Å². The highest BCUT2D eigenvalue weighted by Gasteiger charge is 2.00. The van der Waals surface area contributed by atoms with E-state index in [9.17, 15) is 0 Å². The first-order chi connectivity index (χ1) is 8.81. The molecular formula is C16H18N2. The van der Waals surface area contributed by atoms with Crippen molar-refractivity contribution >= 4 is 12.2 Å². The lowest BCUT2D eigenvalue weighted by atomic mass is 10.1. The van der Waals surface area contributed by atoms with Crippen LogP contribution < -0.4 is 0 Å². The fraction of sp³-hybridized carbons (Fsp3) is 0.188. The molecule has 0 saturated carbocycles. The number of nitrogens with zero attached hydrogens (tertiary/aromatic N) is 1. The van der Waals surface area contributed by atoms with Crippen molar-refractivity contribution in [3.05, 3.63) is 65.3 Å². The third-order valence-corrected chi connectivity index (χ3v) is 2.70. The van der Waals surface area contributed by atoms with E-state index in [1.807, 2.05) is 38.3 Å². The molecule has 2 heteroatoms. The van der Waals surface area contributed by atoms with Crippen LogP contribution in [0.1, 0.15) is 36.5 Å². The zero-order valence-corrected chi connectivity index (χ0v) is 10.9. The molecule has 0 atom stereocenters. The van der Waals surface area contributed by atoms with E-state index in [0.29, 0.717) is 0 Å². The smallest absolute Gasteiger partial charge is 0.110 e. The van der Waals surface area contributed by atoms with Gasteiger partial charge in [-0.25, -0.2) is 4.98 Å². The van der Waals surface area contributed by atoms with E-state index in [2.05, 4.69) is 40.3 Å². The van der Waals surface area contributed by atoms with Gasteiger partial charge in [0.2, 0.25) is 0 Å². The summed E-state index contributed by atoms with van der Waals surface area (Å²) < 4.78 is 0. The van der Waals surface area contributed by atoms with Crippen LogP contribution in [0.15, 0.2) is 42.6 Å². The maximum atomic E-state index is 4.37. The number of hydrogen-bond acceptors (Lipinski definition) is 1. The largest absolute Gasteiger partial charge is 0.342 e. The maximum absolute atomic E-state index is 4.37. The fourth-order valence-corrected chi connectivity index (χ4v) is 1.87. The fourth-order valence-electron chi connectivity index (χ4n) is 1.87. The predicted octanol–water partition coefficient (Wildman–Crippen LogP) is 4.07. The molecule has 0 radical (unpaired) electrons. The molecule has 0 aliphatic carbocycles. The molecule has 0 aliphatic rings. The Kier molecular flexibility index (Phi) is 4.13. The first-order valence-corrected chi connectivity index (χ1v) is 6.20. The first kappa shape index (κ1) is 12.4. The number of aromatic amines is 1. The van der Waals surface area contributed by atoms with Crippen molar-refractivity contribution in [3.8, 4) is 0 Å². The Morgan fingerprint density at radius 3 is 2.44 bits per heavy atom. The van der Waals surface area contributed by atoms with Gasteiger partial charge in [0.15, 0.2) is 0 Å². The van der Waals surface area contributed by atoms with Gasteiger partial charge in [0.25, 0.3) is 0 Å². The topological polar surface area (TPSA) is 28.7 Å². The second-order valence-electron chi connectivity index (χ2n) is 4.20. The van der Waals surface area contributed by atoms with Crippen LogP contribution in [-0.4, -0.2) is 9.97 Å². The van der Waals surface area contributed by atoms with Gasteiger partial charge in [-0.15, -0.1) is 0 Å². The highest BCUT2D eigenvalue weighted by atomic mass is 14.9. The van der Waals surface area contributed by atoms with Gasteiger partial charge in [0.05, 0.1) is 11.9 Å². The summed E-state index contributed by atoms with van der Waals surface area (Å²) in [4.78, 5) is 7.66. The number of imidazole rings is 1. The van der Waals surface area contributed by atoms with Crippen LogP contribution in [0.5, 0.6) is 0 Å². The molecule has 2 nitrogen and oxygen atoms in total. The Balaban J connectivity index is 2.08. The van der Waals surface area contributed by atoms with Crippen molar-refractivity contribution in [2.45, 2.75) is 20.3 Å². The molecule has 1 aromatic heterocycles. The second kappa shape index (κ2) is 6.01. The number of rotatable bonds is 4. The van der Waals surface area contributed by atoms with Crippen LogP contribution in [0.3, 0.4) is 0 Å². The third kappa shape index (κ3) is 3.20. The van der Waals surface area contributed by atoms with Gasteiger partial charge in [0.1, 0.15) is 5.82 Å². The average Bonchev–Trinajstić information content (AvgIpc) is 2.80. The van der Waals surface area contributed by atoms with Crippen LogP contribution in [0, 0.1) is 0 Å². The number of allylic oxidation sites excluding steroid dienone is 2. The minimum Gasteiger partial charge on any atom is -0.342 e. The summed E-state index contributed by atoms with van der Waals surface area (Å²) in [5.74, 6) is 1.00. The normalized spacial score (nSPS) is 11.7. The first-order valence-electron chi connectivity index (χ1n) is 6.20. The van der Waals surface area contributed by atoms with E-state index in [1.165, 1.54) is 11.1 Å². The summed E-state index contributed by atoms with van der Waals surface area (Å²) in [5.41, 5.74) is 3.55. The lowest BCUT2D eigenvalue weighted by Gasteiger charge is -1.99. The monoisotopic (exact) mass is 238 g/mol. The summed E-state index contributed by atoms with van der Waals surface area (Å²) in [6, 6.07) is 8.55. The van der Waals surface area contributed by atoms with Crippen LogP contribution >= 0.6 is 0 Å². The van der Waals surface area contributed by atoms with Crippen LogP contribution in [-0.2, 0) is 6.42 Å². The standard InChI is InChI=1S/C16H18N2/c1-3-5-13-7-9-14(10-8-13)11-16-17-12-15(18-16)6-4-2/h3-10,12H,11H2,1-2H3,(H,17,18)/b5-3+,6-4+. The maximum Gasteiger partial charge on any atom is 0.110 e. The summed E-state index contributed by atoms with van der Waals surface area (Å²) in [6.45, 7) is 4.03. The van der Waals surface area contributed by atoms with E-state index in [-0.39, 0.29) is 0 Å². The molecule has 0 fully saturated rings. The quantitative estimate of drug-likeness (QED) is 0.854. The van der Waals surface area contributed by atoms with Crippen molar-refractivity contribution in [1.29, 1.82) is 0 Å². The molecule has 2 aromatic rings. The van der Waals surface area contributed by atoms with Gasteiger partial charge in [-0.1, -0.05) is 42.5 Å². The van der Waals surface area contributed by atoms with Crippen LogP contribution in [0.4, 0.5) is 0 Å².